The van der Waals surface area contributed by atoms with Gasteiger partial charge in [0.05, 0.1) is 0 Å². The standard InChI is InChI=1S/C44H32Si/c1-45(2,40-28-24-33-20-19-30-13-10-14-31-23-27-39(40)44(33)41(30)31)34-25-21-32(22-26-34)43-37-17-8-6-15-35(37)42(29-11-4-3-5-12-29)36-16-7-9-18-38(36)43/h3-28H,1-2H3. The lowest BCUT2D eigenvalue weighted by molar-refractivity contribution is 1.65. The molecule has 9 aromatic rings. The highest BCUT2D eigenvalue weighted by atomic mass is 28.3. The highest BCUT2D eigenvalue weighted by Gasteiger charge is 2.29. The topological polar surface area (TPSA) is 0 Å². The number of hydrogen-bond donors (Lipinski definition) is 0. The van der Waals surface area contributed by atoms with Crippen LogP contribution in [0.2, 0.25) is 13.1 Å². The molecule has 0 bridgehead atoms. The first-order valence-corrected chi connectivity index (χ1v) is 18.9. The largest absolute Gasteiger partial charge is 0.113 e. The molecule has 0 amide bonds. The molecule has 0 saturated heterocycles. The zero-order valence-corrected chi connectivity index (χ0v) is 26.5. The molecule has 212 valence electrons. The zero-order valence-electron chi connectivity index (χ0n) is 25.5. The second-order valence-corrected chi connectivity index (χ2v) is 17.2. The van der Waals surface area contributed by atoms with E-state index in [0.29, 0.717) is 0 Å². The average molecular weight is 589 g/mol. The van der Waals surface area contributed by atoms with E-state index in [1.807, 2.05) is 0 Å². The molecule has 9 aromatic carbocycles. The fourth-order valence-corrected chi connectivity index (χ4v) is 10.5. The molecule has 0 heterocycles. The molecule has 0 N–H and O–H groups in total. The first-order chi connectivity index (χ1) is 22.1. The molecule has 0 aromatic heterocycles. The Hall–Kier alpha value is -5.24. The molecule has 0 aliphatic heterocycles. The van der Waals surface area contributed by atoms with Crippen molar-refractivity contribution in [1.82, 2.24) is 0 Å². The number of rotatable bonds is 4. The van der Waals surface area contributed by atoms with Gasteiger partial charge in [-0.15, -0.1) is 0 Å². The van der Waals surface area contributed by atoms with Gasteiger partial charge < -0.3 is 0 Å². The lowest BCUT2D eigenvalue weighted by atomic mass is 9.86. The molecular formula is C44H32Si. The van der Waals surface area contributed by atoms with Crippen molar-refractivity contribution in [3.63, 3.8) is 0 Å². The molecule has 0 nitrogen and oxygen atoms in total. The number of fused-ring (bicyclic) bond motifs is 2. The molecule has 45 heavy (non-hydrogen) atoms. The first kappa shape index (κ1) is 26.2. The Morgan fingerprint density at radius 3 is 1.38 bits per heavy atom. The summed E-state index contributed by atoms with van der Waals surface area (Å²) in [6.45, 7) is 5.02. The van der Waals surface area contributed by atoms with E-state index in [2.05, 4.69) is 171 Å². The second-order valence-electron chi connectivity index (χ2n) is 12.9. The first-order valence-electron chi connectivity index (χ1n) is 15.9. The van der Waals surface area contributed by atoms with Gasteiger partial charge in [0.15, 0.2) is 0 Å². The van der Waals surface area contributed by atoms with Gasteiger partial charge in [0.1, 0.15) is 8.07 Å². The van der Waals surface area contributed by atoms with Crippen LogP contribution in [-0.2, 0) is 0 Å². The molecule has 0 unspecified atom stereocenters. The summed E-state index contributed by atoms with van der Waals surface area (Å²) in [7, 11) is -2.03. The molecular weight excluding hydrogens is 557 g/mol. The predicted octanol–water partition coefficient (Wildman–Crippen LogP) is 11.0. The fraction of sp³-hybridized carbons (Fsp3) is 0.0455. The molecule has 9 rings (SSSR count). The van der Waals surface area contributed by atoms with Crippen molar-refractivity contribution in [2.75, 3.05) is 0 Å². The van der Waals surface area contributed by atoms with Crippen molar-refractivity contribution in [3.05, 3.63) is 158 Å². The molecule has 0 aliphatic carbocycles. The minimum atomic E-state index is -2.03. The molecule has 0 spiro atoms. The van der Waals surface area contributed by atoms with E-state index in [1.165, 1.54) is 86.5 Å². The monoisotopic (exact) mass is 588 g/mol. The highest BCUT2D eigenvalue weighted by molar-refractivity contribution is 7.01. The van der Waals surface area contributed by atoms with Crippen molar-refractivity contribution in [2.45, 2.75) is 13.1 Å². The number of benzene rings is 9. The van der Waals surface area contributed by atoms with Crippen molar-refractivity contribution < 1.29 is 0 Å². The summed E-state index contributed by atoms with van der Waals surface area (Å²) in [5.41, 5.74) is 5.15. The Morgan fingerprint density at radius 1 is 0.333 bits per heavy atom. The Labute approximate surface area is 264 Å². The number of hydrogen-bond acceptors (Lipinski definition) is 0. The third-order valence-electron chi connectivity index (χ3n) is 10.1. The lowest BCUT2D eigenvalue weighted by Crippen LogP contribution is -2.53. The summed E-state index contributed by atoms with van der Waals surface area (Å²) < 4.78 is 0. The zero-order chi connectivity index (χ0) is 30.1. The van der Waals surface area contributed by atoms with Crippen LogP contribution < -0.4 is 10.4 Å². The molecule has 1 heteroatoms. The smallest absolute Gasteiger partial charge is 0.0622 e. The van der Waals surface area contributed by atoms with Crippen LogP contribution in [0.1, 0.15) is 0 Å². The van der Waals surface area contributed by atoms with Crippen LogP contribution in [0, 0.1) is 0 Å². The van der Waals surface area contributed by atoms with Crippen LogP contribution in [-0.4, -0.2) is 8.07 Å². The highest BCUT2D eigenvalue weighted by Crippen LogP contribution is 2.43. The normalized spacial score (nSPS) is 12.2. The Kier molecular flexibility index (Phi) is 5.75. The van der Waals surface area contributed by atoms with Gasteiger partial charge in [0.2, 0.25) is 0 Å². The third kappa shape index (κ3) is 3.91. The Morgan fingerprint density at radius 2 is 0.800 bits per heavy atom. The summed E-state index contributed by atoms with van der Waals surface area (Å²) in [5.74, 6) is 0. The van der Waals surface area contributed by atoms with Gasteiger partial charge in [-0.25, -0.2) is 0 Å². The fourth-order valence-electron chi connectivity index (χ4n) is 7.84. The molecule has 0 atom stereocenters. The molecule has 0 fully saturated rings. The molecule has 0 saturated carbocycles. The van der Waals surface area contributed by atoms with Crippen molar-refractivity contribution in [1.29, 1.82) is 0 Å². The van der Waals surface area contributed by atoms with Crippen LogP contribution in [0.25, 0.3) is 76.1 Å². The van der Waals surface area contributed by atoms with Crippen molar-refractivity contribution >= 4 is 72.3 Å². The summed E-state index contributed by atoms with van der Waals surface area (Å²) in [6, 6.07) is 58.9. The van der Waals surface area contributed by atoms with Crippen LogP contribution in [0.3, 0.4) is 0 Å². The maximum Gasteiger partial charge on any atom is 0.113 e. The van der Waals surface area contributed by atoms with Gasteiger partial charge in [-0.1, -0.05) is 176 Å². The van der Waals surface area contributed by atoms with E-state index in [1.54, 1.807) is 0 Å². The Bertz CT molecular complexity index is 2470. The maximum absolute atomic E-state index is 2.51. The van der Waals surface area contributed by atoms with Crippen LogP contribution >= 0.6 is 0 Å². The minimum Gasteiger partial charge on any atom is -0.0622 e. The van der Waals surface area contributed by atoms with Crippen LogP contribution in [0.5, 0.6) is 0 Å². The van der Waals surface area contributed by atoms with E-state index in [-0.39, 0.29) is 0 Å². The quantitative estimate of drug-likeness (QED) is 0.109. The van der Waals surface area contributed by atoms with E-state index in [4.69, 9.17) is 0 Å². The van der Waals surface area contributed by atoms with Gasteiger partial charge in [-0.2, -0.15) is 0 Å². The minimum absolute atomic E-state index is 1.26. The lowest BCUT2D eigenvalue weighted by Gasteiger charge is -2.27. The predicted molar refractivity (Wildman–Crippen MR) is 199 cm³/mol. The van der Waals surface area contributed by atoms with Crippen LogP contribution in [0.4, 0.5) is 0 Å². The summed E-state index contributed by atoms with van der Waals surface area (Å²) >= 11 is 0. The van der Waals surface area contributed by atoms with Gasteiger partial charge in [-0.3, -0.25) is 0 Å². The molecule has 0 aliphatic rings. The van der Waals surface area contributed by atoms with Crippen LogP contribution in [0.15, 0.2) is 158 Å². The molecule has 0 radical (unpaired) electrons. The van der Waals surface area contributed by atoms with Gasteiger partial charge in [-0.05, 0) is 81.3 Å². The Balaban J connectivity index is 1.22. The summed E-state index contributed by atoms with van der Waals surface area (Å²) in [5, 5.41) is 16.3. The van der Waals surface area contributed by atoms with E-state index in [0.717, 1.165) is 0 Å². The second kappa shape index (κ2) is 9.89. The van der Waals surface area contributed by atoms with Crippen molar-refractivity contribution in [2.24, 2.45) is 0 Å². The van der Waals surface area contributed by atoms with E-state index >= 15 is 0 Å². The SMILES string of the molecule is C[Si](C)(c1ccc(-c2c3ccccc3c(-c3ccccc3)c3ccccc23)cc1)c1ccc2ccc3cccc4ccc1c2c34. The van der Waals surface area contributed by atoms with Gasteiger partial charge in [0, 0.05) is 0 Å². The third-order valence-corrected chi connectivity index (χ3v) is 13.7. The van der Waals surface area contributed by atoms with E-state index < -0.39 is 8.07 Å². The van der Waals surface area contributed by atoms with Gasteiger partial charge >= 0.3 is 0 Å². The summed E-state index contributed by atoms with van der Waals surface area (Å²) in [6.07, 6.45) is 0. The summed E-state index contributed by atoms with van der Waals surface area (Å²) in [4.78, 5) is 0. The van der Waals surface area contributed by atoms with Crippen molar-refractivity contribution in [3.8, 4) is 22.3 Å². The average Bonchev–Trinajstić information content (AvgIpc) is 3.10. The van der Waals surface area contributed by atoms with E-state index in [9.17, 15) is 0 Å². The van der Waals surface area contributed by atoms with Gasteiger partial charge in [0.25, 0.3) is 0 Å². The maximum atomic E-state index is 2.51.